The lowest BCUT2D eigenvalue weighted by Crippen LogP contribution is -2.23. The van der Waals surface area contributed by atoms with Crippen LogP contribution in [0.15, 0.2) is 30.3 Å². The number of anilines is 1. The molecule has 0 saturated heterocycles. The fourth-order valence-electron chi connectivity index (χ4n) is 1.77. The largest absolute Gasteiger partial charge is 0.351 e. The molecule has 0 spiro atoms. The Balaban J connectivity index is 2.24. The molecule has 1 aromatic carbocycles. The molecule has 1 atom stereocenters. The third-order valence-corrected chi connectivity index (χ3v) is 3.13. The molecule has 2 aromatic rings. The van der Waals surface area contributed by atoms with E-state index in [4.69, 9.17) is 5.26 Å². The normalized spacial score (nSPS) is 11.8. The molecular weight excluding hydrogens is 262 g/mol. The molecule has 0 aliphatic carbocycles. The van der Waals surface area contributed by atoms with E-state index in [9.17, 15) is 8.78 Å². The van der Waals surface area contributed by atoms with Gasteiger partial charge in [-0.2, -0.15) is 5.26 Å². The molecule has 0 saturated carbocycles. The molecule has 102 valence electrons. The second-order valence-electron chi connectivity index (χ2n) is 4.35. The molecule has 2 rings (SSSR count). The molecule has 0 radical (unpaired) electrons. The van der Waals surface area contributed by atoms with Gasteiger partial charge in [0.25, 0.3) is 0 Å². The van der Waals surface area contributed by atoms with Gasteiger partial charge in [-0.1, -0.05) is 6.07 Å². The minimum absolute atomic E-state index is 0.215. The summed E-state index contributed by atoms with van der Waals surface area (Å²) < 4.78 is 26.2. The molecule has 0 N–H and O–H groups in total. The predicted molar refractivity (Wildman–Crippen MR) is 69.9 cm³/mol. The van der Waals surface area contributed by atoms with Crippen molar-refractivity contribution in [2.75, 3.05) is 11.9 Å². The molecule has 1 unspecified atom stereocenters. The highest BCUT2D eigenvalue weighted by molar-refractivity contribution is 5.41. The highest BCUT2D eigenvalue weighted by Gasteiger charge is 2.15. The fourth-order valence-corrected chi connectivity index (χ4v) is 1.77. The molecule has 0 fully saturated rings. The number of halogens is 2. The second-order valence-corrected chi connectivity index (χ2v) is 4.35. The summed E-state index contributed by atoms with van der Waals surface area (Å²) in [5.41, 5.74) is 0.847. The zero-order valence-corrected chi connectivity index (χ0v) is 11.0. The monoisotopic (exact) mass is 274 g/mol. The summed E-state index contributed by atoms with van der Waals surface area (Å²) in [5.74, 6) is -1.21. The van der Waals surface area contributed by atoms with Crippen LogP contribution in [0.5, 0.6) is 0 Å². The average Bonchev–Trinajstić information content (AvgIpc) is 2.48. The van der Waals surface area contributed by atoms with Crippen molar-refractivity contribution >= 4 is 5.82 Å². The second kappa shape index (κ2) is 5.61. The maximum absolute atomic E-state index is 13.2. The number of hydrogen-bond acceptors (Lipinski definition) is 4. The van der Waals surface area contributed by atoms with E-state index in [1.54, 1.807) is 24.1 Å². The van der Waals surface area contributed by atoms with Gasteiger partial charge in [0.2, 0.25) is 0 Å². The first-order valence-electron chi connectivity index (χ1n) is 5.94. The Morgan fingerprint density at radius 3 is 2.45 bits per heavy atom. The number of aromatic nitrogens is 2. The van der Waals surface area contributed by atoms with Gasteiger partial charge in [0.1, 0.15) is 6.07 Å². The van der Waals surface area contributed by atoms with Crippen LogP contribution in [0.3, 0.4) is 0 Å². The van der Waals surface area contributed by atoms with Crippen molar-refractivity contribution in [3.8, 4) is 6.07 Å². The van der Waals surface area contributed by atoms with Crippen LogP contribution in [0.4, 0.5) is 14.6 Å². The van der Waals surface area contributed by atoms with Gasteiger partial charge in [-0.3, -0.25) is 0 Å². The minimum Gasteiger partial charge on any atom is -0.351 e. The van der Waals surface area contributed by atoms with Crippen molar-refractivity contribution in [3.63, 3.8) is 0 Å². The smallest absolute Gasteiger partial charge is 0.163 e. The van der Waals surface area contributed by atoms with Gasteiger partial charge >= 0.3 is 0 Å². The Morgan fingerprint density at radius 2 is 1.90 bits per heavy atom. The molecule has 1 aromatic heterocycles. The SMILES string of the molecule is CC(c1ccc(F)c(F)c1)N(C)c1ccc(C#N)nn1. The van der Waals surface area contributed by atoms with Gasteiger partial charge in [0, 0.05) is 7.05 Å². The number of benzene rings is 1. The Kier molecular flexibility index (Phi) is 3.89. The summed E-state index contributed by atoms with van der Waals surface area (Å²) in [4.78, 5) is 1.76. The topological polar surface area (TPSA) is 52.8 Å². The van der Waals surface area contributed by atoms with Crippen LogP contribution in [0.25, 0.3) is 0 Å². The first kappa shape index (κ1) is 13.9. The van der Waals surface area contributed by atoms with E-state index in [1.165, 1.54) is 6.07 Å². The van der Waals surface area contributed by atoms with Crippen LogP contribution in [-0.2, 0) is 0 Å². The van der Waals surface area contributed by atoms with Crippen LogP contribution in [0, 0.1) is 23.0 Å². The molecule has 20 heavy (non-hydrogen) atoms. The number of hydrogen-bond donors (Lipinski definition) is 0. The summed E-state index contributed by atoms with van der Waals surface area (Å²) >= 11 is 0. The summed E-state index contributed by atoms with van der Waals surface area (Å²) in [6.45, 7) is 1.84. The summed E-state index contributed by atoms with van der Waals surface area (Å²) in [6.07, 6.45) is 0. The van der Waals surface area contributed by atoms with Crippen LogP contribution >= 0.6 is 0 Å². The third kappa shape index (κ3) is 2.72. The standard InChI is InChI=1S/C14H12F2N4/c1-9(10-3-5-12(15)13(16)7-10)20(2)14-6-4-11(8-17)18-19-14/h3-7,9H,1-2H3. The van der Waals surface area contributed by atoms with E-state index in [-0.39, 0.29) is 11.7 Å². The van der Waals surface area contributed by atoms with Gasteiger partial charge in [-0.05, 0) is 36.8 Å². The van der Waals surface area contributed by atoms with Crippen molar-refractivity contribution < 1.29 is 8.78 Å². The summed E-state index contributed by atoms with van der Waals surface area (Å²) in [7, 11) is 1.77. The Bertz CT molecular complexity index is 649. The summed E-state index contributed by atoms with van der Waals surface area (Å²) in [6, 6.07) is 8.66. The van der Waals surface area contributed by atoms with Crippen molar-refractivity contribution in [3.05, 3.63) is 53.2 Å². The summed E-state index contributed by atoms with van der Waals surface area (Å²) in [5, 5.41) is 16.3. The van der Waals surface area contributed by atoms with Crippen LogP contribution < -0.4 is 4.90 Å². The lowest BCUT2D eigenvalue weighted by Gasteiger charge is -2.25. The molecular formula is C14H12F2N4. The van der Waals surface area contributed by atoms with Gasteiger partial charge in [-0.25, -0.2) is 8.78 Å². The first-order valence-corrected chi connectivity index (χ1v) is 5.94. The third-order valence-electron chi connectivity index (χ3n) is 3.13. The molecule has 0 amide bonds. The molecule has 1 heterocycles. The molecule has 0 aliphatic rings. The number of nitrogens with zero attached hydrogens (tertiary/aromatic N) is 4. The Morgan fingerprint density at radius 1 is 1.15 bits per heavy atom. The van der Waals surface area contributed by atoms with Crippen molar-refractivity contribution in [2.45, 2.75) is 13.0 Å². The van der Waals surface area contributed by atoms with Crippen LogP contribution in [0.2, 0.25) is 0 Å². The molecule has 0 aliphatic heterocycles. The maximum atomic E-state index is 13.2. The van der Waals surface area contributed by atoms with E-state index in [2.05, 4.69) is 10.2 Å². The van der Waals surface area contributed by atoms with E-state index in [0.29, 0.717) is 11.4 Å². The van der Waals surface area contributed by atoms with Gasteiger partial charge in [-0.15, -0.1) is 10.2 Å². The van der Waals surface area contributed by atoms with Crippen LogP contribution in [0.1, 0.15) is 24.2 Å². The lowest BCUT2D eigenvalue weighted by atomic mass is 10.1. The number of nitriles is 1. The Hall–Kier alpha value is -2.55. The Labute approximate surface area is 115 Å². The highest BCUT2D eigenvalue weighted by atomic mass is 19.2. The van der Waals surface area contributed by atoms with Crippen molar-refractivity contribution in [2.24, 2.45) is 0 Å². The fraction of sp³-hybridized carbons (Fsp3) is 0.214. The lowest BCUT2D eigenvalue weighted by molar-refractivity contribution is 0.505. The highest BCUT2D eigenvalue weighted by Crippen LogP contribution is 2.24. The molecule has 0 bridgehead atoms. The first-order chi connectivity index (χ1) is 9.52. The maximum Gasteiger partial charge on any atom is 0.163 e. The van der Waals surface area contributed by atoms with Gasteiger partial charge in [0.15, 0.2) is 23.1 Å². The van der Waals surface area contributed by atoms with E-state index >= 15 is 0 Å². The zero-order chi connectivity index (χ0) is 14.7. The van der Waals surface area contributed by atoms with E-state index in [0.717, 1.165) is 12.1 Å². The van der Waals surface area contributed by atoms with E-state index < -0.39 is 11.6 Å². The quantitative estimate of drug-likeness (QED) is 0.863. The van der Waals surface area contributed by atoms with Gasteiger partial charge < -0.3 is 4.90 Å². The minimum atomic E-state index is -0.881. The van der Waals surface area contributed by atoms with Gasteiger partial charge in [0.05, 0.1) is 6.04 Å². The number of rotatable bonds is 3. The molecule has 6 heteroatoms. The van der Waals surface area contributed by atoms with Crippen molar-refractivity contribution in [1.82, 2.24) is 10.2 Å². The van der Waals surface area contributed by atoms with Crippen molar-refractivity contribution in [1.29, 1.82) is 5.26 Å². The predicted octanol–water partition coefficient (Wildman–Crippen LogP) is 2.82. The van der Waals surface area contributed by atoms with E-state index in [1.807, 2.05) is 13.0 Å². The average molecular weight is 274 g/mol. The molecule has 4 nitrogen and oxygen atoms in total. The van der Waals surface area contributed by atoms with Crippen LogP contribution in [-0.4, -0.2) is 17.2 Å². The zero-order valence-electron chi connectivity index (χ0n) is 11.0.